The van der Waals surface area contributed by atoms with Gasteiger partial charge in [-0.2, -0.15) is 5.10 Å². The van der Waals surface area contributed by atoms with Crippen LogP contribution < -0.4 is 5.32 Å². The normalized spacial score (nSPS) is 15.6. The molecule has 0 atom stereocenters. The number of amides is 1. The molecular formula is C17H19N3O2. The molecule has 1 aromatic carbocycles. The Morgan fingerprint density at radius 2 is 1.86 bits per heavy atom. The number of carbonyl (C=O) groups is 1. The second-order valence-corrected chi connectivity index (χ2v) is 6.12. The van der Waals surface area contributed by atoms with E-state index < -0.39 is 6.09 Å². The van der Waals surface area contributed by atoms with E-state index in [2.05, 4.69) is 16.5 Å². The van der Waals surface area contributed by atoms with Gasteiger partial charge in [-0.05, 0) is 66.8 Å². The van der Waals surface area contributed by atoms with E-state index in [0.29, 0.717) is 0 Å². The number of rotatable bonds is 3. The molecule has 2 aromatic rings. The standard InChI is InChI=1S/C17H19N3O2/c21-17(22)18-10-13-7-8-20(19-13)16-14-5-1-3-11(14)9-12-4-2-6-15(12)16/h7-9,18H,1-6,10H2,(H,21,22). The van der Waals surface area contributed by atoms with Gasteiger partial charge in [-0.1, -0.05) is 6.07 Å². The van der Waals surface area contributed by atoms with Crippen molar-refractivity contribution in [1.29, 1.82) is 0 Å². The number of hydrogen-bond donors (Lipinski definition) is 2. The Labute approximate surface area is 129 Å². The van der Waals surface area contributed by atoms with Gasteiger partial charge in [0.05, 0.1) is 17.9 Å². The maximum absolute atomic E-state index is 10.6. The molecule has 1 heterocycles. The SMILES string of the molecule is O=C(O)NCc1ccn(-c2c3c(cc4c2CCC4)CCC3)n1. The number of fused-ring (bicyclic) bond motifs is 2. The molecule has 0 fully saturated rings. The highest BCUT2D eigenvalue weighted by Crippen LogP contribution is 2.37. The summed E-state index contributed by atoms with van der Waals surface area (Å²) in [6, 6.07) is 4.30. The molecule has 5 heteroatoms. The lowest BCUT2D eigenvalue weighted by Gasteiger charge is -2.15. The van der Waals surface area contributed by atoms with E-state index in [0.717, 1.165) is 18.5 Å². The Morgan fingerprint density at radius 3 is 2.50 bits per heavy atom. The zero-order chi connectivity index (χ0) is 15.1. The van der Waals surface area contributed by atoms with Gasteiger partial charge in [-0.15, -0.1) is 0 Å². The molecule has 0 unspecified atom stereocenters. The summed E-state index contributed by atoms with van der Waals surface area (Å²) in [5.74, 6) is 0. The van der Waals surface area contributed by atoms with Gasteiger partial charge in [0.25, 0.3) is 0 Å². The van der Waals surface area contributed by atoms with Crippen molar-refractivity contribution < 1.29 is 9.90 Å². The summed E-state index contributed by atoms with van der Waals surface area (Å²) < 4.78 is 1.97. The summed E-state index contributed by atoms with van der Waals surface area (Å²) in [6.07, 6.45) is 7.98. The van der Waals surface area contributed by atoms with Crippen LogP contribution in [0.25, 0.3) is 5.69 Å². The van der Waals surface area contributed by atoms with Crippen molar-refractivity contribution in [3.63, 3.8) is 0 Å². The summed E-state index contributed by atoms with van der Waals surface area (Å²) in [5.41, 5.74) is 7.88. The average molecular weight is 297 g/mol. The van der Waals surface area contributed by atoms with Crippen LogP contribution in [0.4, 0.5) is 4.79 Å². The topological polar surface area (TPSA) is 67.2 Å². The minimum atomic E-state index is -1.02. The summed E-state index contributed by atoms with van der Waals surface area (Å²) in [5, 5.41) is 15.7. The summed E-state index contributed by atoms with van der Waals surface area (Å²) in [4.78, 5) is 10.6. The second-order valence-electron chi connectivity index (χ2n) is 6.12. The number of nitrogens with zero attached hydrogens (tertiary/aromatic N) is 2. The van der Waals surface area contributed by atoms with Gasteiger partial charge in [-0.25, -0.2) is 9.48 Å². The van der Waals surface area contributed by atoms with E-state index in [-0.39, 0.29) is 6.54 Å². The number of nitrogens with one attached hydrogen (secondary N) is 1. The van der Waals surface area contributed by atoms with Crippen LogP contribution in [-0.4, -0.2) is 21.0 Å². The minimum absolute atomic E-state index is 0.250. The van der Waals surface area contributed by atoms with Crippen LogP contribution >= 0.6 is 0 Å². The maximum atomic E-state index is 10.6. The average Bonchev–Trinajstić information content (AvgIpc) is 3.22. The fourth-order valence-electron chi connectivity index (χ4n) is 3.81. The van der Waals surface area contributed by atoms with Gasteiger partial charge in [0.15, 0.2) is 0 Å². The quantitative estimate of drug-likeness (QED) is 0.915. The van der Waals surface area contributed by atoms with Crippen LogP contribution in [0.1, 0.15) is 40.8 Å². The van der Waals surface area contributed by atoms with E-state index in [1.54, 1.807) is 0 Å². The number of aromatic nitrogens is 2. The van der Waals surface area contributed by atoms with Crippen molar-refractivity contribution in [1.82, 2.24) is 15.1 Å². The van der Waals surface area contributed by atoms with Crippen LogP contribution in [0.3, 0.4) is 0 Å². The van der Waals surface area contributed by atoms with E-state index in [9.17, 15) is 4.79 Å². The molecule has 0 radical (unpaired) electrons. The Hall–Kier alpha value is -2.30. The van der Waals surface area contributed by atoms with Gasteiger partial charge >= 0.3 is 6.09 Å². The molecule has 4 rings (SSSR count). The Balaban J connectivity index is 1.75. The molecule has 22 heavy (non-hydrogen) atoms. The lowest BCUT2D eigenvalue weighted by Crippen LogP contribution is -2.20. The predicted octanol–water partition coefficient (Wildman–Crippen LogP) is 2.62. The number of aryl methyl sites for hydroxylation is 2. The Kier molecular flexibility index (Phi) is 3.13. The Morgan fingerprint density at radius 1 is 1.18 bits per heavy atom. The van der Waals surface area contributed by atoms with Crippen LogP contribution in [0.15, 0.2) is 18.3 Å². The smallest absolute Gasteiger partial charge is 0.404 e. The largest absolute Gasteiger partial charge is 0.465 e. The first-order valence-corrected chi connectivity index (χ1v) is 7.90. The molecule has 114 valence electrons. The van der Waals surface area contributed by atoms with Crippen molar-refractivity contribution in [2.75, 3.05) is 0 Å². The van der Waals surface area contributed by atoms with Crippen molar-refractivity contribution in [2.45, 2.75) is 45.1 Å². The molecule has 1 aromatic heterocycles. The minimum Gasteiger partial charge on any atom is -0.465 e. The zero-order valence-corrected chi connectivity index (χ0v) is 12.4. The first-order valence-electron chi connectivity index (χ1n) is 7.90. The Bertz CT molecular complexity index is 716. The van der Waals surface area contributed by atoms with Crippen LogP contribution in [0.2, 0.25) is 0 Å². The molecule has 0 bridgehead atoms. The molecule has 2 aliphatic rings. The molecule has 5 nitrogen and oxygen atoms in total. The molecule has 1 amide bonds. The van der Waals surface area contributed by atoms with E-state index >= 15 is 0 Å². The second kappa shape index (κ2) is 5.16. The van der Waals surface area contributed by atoms with Gasteiger partial charge in [0.1, 0.15) is 0 Å². The third-order valence-corrected chi connectivity index (χ3v) is 4.74. The number of benzene rings is 1. The lowest BCUT2D eigenvalue weighted by molar-refractivity contribution is 0.194. The highest BCUT2D eigenvalue weighted by molar-refractivity contribution is 5.64. The first-order chi connectivity index (χ1) is 10.7. The van der Waals surface area contributed by atoms with Crippen LogP contribution in [-0.2, 0) is 32.2 Å². The van der Waals surface area contributed by atoms with Gasteiger partial charge in [-0.3, -0.25) is 0 Å². The van der Waals surface area contributed by atoms with E-state index in [1.165, 1.54) is 53.6 Å². The summed E-state index contributed by atoms with van der Waals surface area (Å²) in [7, 11) is 0. The van der Waals surface area contributed by atoms with Crippen molar-refractivity contribution >= 4 is 6.09 Å². The summed E-state index contributed by atoms with van der Waals surface area (Å²) in [6.45, 7) is 0.250. The van der Waals surface area contributed by atoms with Gasteiger partial charge < -0.3 is 10.4 Å². The molecule has 0 aliphatic heterocycles. The van der Waals surface area contributed by atoms with Gasteiger partial charge in [0.2, 0.25) is 0 Å². The highest BCUT2D eigenvalue weighted by Gasteiger charge is 2.25. The van der Waals surface area contributed by atoms with Crippen molar-refractivity contribution in [2.24, 2.45) is 0 Å². The monoisotopic (exact) mass is 297 g/mol. The highest BCUT2D eigenvalue weighted by atomic mass is 16.4. The fourth-order valence-corrected chi connectivity index (χ4v) is 3.81. The number of hydrogen-bond acceptors (Lipinski definition) is 2. The zero-order valence-electron chi connectivity index (χ0n) is 12.4. The summed E-state index contributed by atoms with van der Waals surface area (Å²) >= 11 is 0. The lowest BCUT2D eigenvalue weighted by atomic mass is 9.99. The molecule has 2 N–H and O–H groups in total. The van der Waals surface area contributed by atoms with Crippen LogP contribution in [0.5, 0.6) is 0 Å². The molecule has 0 spiro atoms. The molecule has 0 saturated carbocycles. The third kappa shape index (κ3) is 2.17. The van der Waals surface area contributed by atoms with Gasteiger partial charge in [0, 0.05) is 6.20 Å². The van der Waals surface area contributed by atoms with E-state index in [4.69, 9.17) is 5.11 Å². The van der Waals surface area contributed by atoms with E-state index in [1.807, 2.05) is 16.9 Å². The van der Waals surface area contributed by atoms with Crippen LogP contribution in [0, 0.1) is 0 Å². The third-order valence-electron chi connectivity index (χ3n) is 4.74. The molecular weight excluding hydrogens is 278 g/mol. The maximum Gasteiger partial charge on any atom is 0.404 e. The first kappa shape index (κ1) is 13.4. The number of carboxylic acid groups (broad SMARTS) is 1. The van der Waals surface area contributed by atoms with Crippen molar-refractivity contribution in [3.05, 3.63) is 46.3 Å². The predicted molar refractivity (Wildman–Crippen MR) is 82.5 cm³/mol. The molecule has 2 aliphatic carbocycles. The van der Waals surface area contributed by atoms with Crippen molar-refractivity contribution in [3.8, 4) is 5.69 Å². The fraction of sp³-hybridized carbons (Fsp3) is 0.412. The molecule has 0 saturated heterocycles.